The molecule has 3 aromatic rings. The van der Waals surface area contributed by atoms with Crippen molar-refractivity contribution in [1.82, 2.24) is 10.2 Å². The molecule has 0 radical (unpaired) electrons. The highest BCUT2D eigenvalue weighted by molar-refractivity contribution is 5.36. The predicted molar refractivity (Wildman–Crippen MR) is 136 cm³/mol. The first-order valence-corrected chi connectivity index (χ1v) is 12.4. The molecule has 2 heteroatoms. The quantitative estimate of drug-likeness (QED) is 0.490. The van der Waals surface area contributed by atoms with Crippen molar-refractivity contribution in [2.24, 2.45) is 5.92 Å². The van der Waals surface area contributed by atoms with Crippen LogP contribution in [0.1, 0.15) is 54.9 Å². The first-order chi connectivity index (χ1) is 15.8. The molecule has 3 heterocycles. The minimum atomic E-state index is 0.393. The zero-order valence-electron chi connectivity index (χ0n) is 19.9. The zero-order chi connectivity index (χ0) is 22.3. The van der Waals surface area contributed by atoms with Crippen molar-refractivity contribution < 1.29 is 0 Å². The van der Waals surface area contributed by atoms with Gasteiger partial charge in [-0.15, -0.1) is 0 Å². The van der Waals surface area contributed by atoms with Crippen molar-refractivity contribution >= 4 is 0 Å². The lowest BCUT2D eigenvalue weighted by molar-refractivity contribution is 0.00466. The molecule has 1 N–H and O–H groups in total. The lowest BCUT2D eigenvalue weighted by Crippen LogP contribution is -2.64. The van der Waals surface area contributed by atoms with Crippen LogP contribution in [0.5, 0.6) is 0 Å². The van der Waals surface area contributed by atoms with Gasteiger partial charge in [0.1, 0.15) is 0 Å². The fraction of sp³-hybridized carbons (Fsp3) is 0.400. The van der Waals surface area contributed by atoms with Gasteiger partial charge in [0.05, 0.1) is 0 Å². The summed E-state index contributed by atoms with van der Waals surface area (Å²) < 4.78 is 0. The Morgan fingerprint density at radius 1 is 0.781 bits per heavy atom. The molecule has 0 aliphatic carbocycles. The highest BCUT2D eigenvalue weighted by Crippen LogP contribution is 2.42. The zero-order valence-corrected chi connectivity index (χ0v) is 19.9. The molecule has 3 fully saturated rings. The Balaban J connectivity index is 0.00000119. The molecule has 2 nitrogen and oxygen atoms in total. The van der Waals surface area contributed by atoms with Gasteiger partial charge in [-0.1, -0.05) is 98.8 Å². The van der Waals surface area contributed by atoms with Gasteiger partial charge in [0.15, 0.2) is 0 Å². The maximum atomic E-state index is 4.04. The second-order valence-corrected chi connectivity index (χ2v) is 9.00. The second kappa shape index (κ2) is 10.9. The third-order valence-corrected chi connectivity index (χ3v) is 7.32. The molecule has 6 rings (SSSR count). The van der Waals surface area contributed by atoms with Crippen LogP contribution in [0.3, 0.4) is 0 Å². The van der Waals surface area contributed by atoms with Gasteiger partial charge in [-0.05, 0) is 61.0 Å². The molecule has 0 spiro atoms. The van der Waals surface area contributed by atoms with E-state index in [9.17, 15) is 0 Å². The van der Waals surface area contributed by atoms with Crippen molar-refractivity contribution in [2.75, 3.05) is 13.1 Å². The summed E-state index contributed by atoms with van der Waals surface area (Å²) in [6.45, 7) is 9.64. The highest BCUT2D eigenvalue weighted by atomic mass is 15.2. The van der Waals surface area contributed by atoms with Crippen molar-refractivity contribution in [2.45, 2.75) is 58.2 Å². The number of hydrogen-bond donors (Lipinski definition) is 1. The Morgan fingerprint density at radius 3 is 1.88 bits per heavy atom. The lowest BCUT2D eigenvalue weighted by Gasteiger charge is -2.54. The molecular formula is C30H38N2. The molecule has 0 aromatic heterocycles. The van der Waals surface area contributed by atoms with Crippen LogP contribution in [-0.4, -0.2) is 30.1 Å². The van der Waals surface area contributed by atoms with E-state index in [2.05, 4.69) is 102 Å². The van der Waals surface area contributed by atoms with Gasteiger partial charge in [0.25, 0.3) is 0 Å². The first-order valence-electron chi connectivity index (χ1n) is 12.4. The standard InChI is InChI=1S/C28H32N2.C2H6/c1-21-10-8-9-15-25(21)20-29-27-24-16-18-30(19-17-24)28(27)26(22-11-4-2-5-12-22)23-13-6-3-7-14-23;1-2/h2-15,24,26-29H,16-20H2,1H3;1-2H3. The average molecular weight is 427 g/mol. The third kappa shape index (κ3) is 4.82. The average Bonchev–Trinajstić information content (AvgIpc) is 2.87. The summed E-state index contributed by atoms with van der Waals surface area (Å²) in [4.78, 5) is 2.76. The van der Waals surface area contributed by atoms with E-state index < -0.39 is 0 Å². The molecule has 168 valence electrons. The number of hydrogen-bond acceptors (Lipinski definition) is 2. The van der Waals surface area contributed by atoms with Gasteiger partial charge >= 0.3 is 0 Å². The van der Waals surface area contributed by atoms with Gasteiger partial charge in [0, 0.05) is 24.5 Å². The van der Waals surface area contributed by atoms with E-state index in [1.54, 1.807) is 0 Å². The van der Waals surface area contributed by atoms with Crippen LogP contribution in [0, 0.1) is 12.8 Å². The van der Waals surface area contributed by atoms with Crippen LogP contribution < -0.4 is 5.32 Å². The summed E-state index contributed by atoms with van der Waals surface area (Å²) in [5, 5.41) is 4.04. The SMILES string of the molecule is CC.Cc1ccccc1CNC1C2CCN(CC2)C1C(c1ccccc1)c1ccccc1. The Bertz CT molecular complexity index is 905. The Labute approximate surface area is 194 Å². The third-order valence-electron chi connectivity index (χ3n) is 7.32. The molecule has 2 bridgehead atoms. The van der Waals surface area contributed by atoms with Crippen LogP contribution in [0.25, 0.3) is 0 Å². The fourth-order valence-electron chi connectivity index (χ4n) is 5.73. The number of benzene rings is 3. The summed E-state index contributed by atoms with van der Waals surface area (Å²) in [6.07, 6.45) is 2.64. The smallest absolute Gasteiger partial charge is 0.0361 e. The van der Waals surface area contributed by atoms with Crippen molar-refractivity contribution in [3.8, 4) is 0 Å². The Hall–Kier alpha value is -2.42. The highest BCUT2D eigenvalue weighted by Gasteiger charge is 2.46. The number of fused-ring (bicyclic) bond motifs is 3. The molecule has 3 saturated heterocycles. The molecule has 32 heavy (non-hydrogen) atoms. The van der Waals surface area contributed by atoms with Crippen molar-refractivity contribution in [3.63, 3.8) is 0 Å². The summed E-state index contributed by atoms with van der Waals surface area (Å²) in [5.74, 6) is 1.16. The minimum Gasteiger partial charge on any atom is -0.308 e. The summed E-state index contributed by atoms with van der Waals surface area (Å²) >= 11 is 0. The second-order valence-electron chi connectivity index (χ2n) is 9.00. The fourth-order valence-corrected chi connectivity index (χ4v) is 5.73. The topological polar surface area (TPSA) is 15.3 Å². The number of aryl methyl sites for hydroxylation is 1. The van der Waals surface area contributed by atoms with Gasteiger partial charge < -0.3 is 5.32 Å². The molecular weight excluding hydrogens is 388 g/mol. The van der Waals surface area contributed by atoms with Gasteiger partial charge in [-0.25, -0.2) is 0 Å². The van der Waals surface area contributed by atoms with E-state index in [0.717, 1.165) is 12.5 Å². The number of piperidine rings is 3. The van der Waals surface area contributed by atoms with E-state index in [1.165, 1.54) is 48.2 Å². The van der Waals surface area contributed by atoms with E-state index in [1.807, 2.05) is 13.8 Å². The Morgan fingerprint density at radius 2 is 1.31 bits per heavy atom. The van der Waals surface area contributed by atoms with Crippen molar-refractivity contribution in [3.05, 3.63) is 107 Å². The predicted octanol–water partition coefficient (Wildman–Crippen LogP) is 6.41. The largest absolute Gasteiger partial charge is 0.308 e. The molecule has 0 saturated carbocycles. The summed E-state index contributed by atoms with van der Waals surface area (Å²) in [7, 11) is 0. The van der Waals surface area contributed by atoms with Gasteiger partial charge in [0.2, 0.25) is 0 Å². The molecule has 3 aliphatic heterocycles. The van der Waals surface area contributed by atoms with Crippen LogP contribution in [-0.2, 0) is 6.54 Å². The molecule has 2 atom stereocenters. The van der Waals surface area contributed by atoms with Crippen molar-refractivity contribution in [1.29, 1.82) is 0 Å². The van der Waals surface area contributed by atoms with Gasteiger partial charge in [-0.3, -0.25) is 4.90 Å². The van der Waals surface area contributed by atoms with Gasteiger partial charge in [-0.2, -0.15) is 0 Å². The van der Waals surface area contributed by atoms with Crippen LogP contribution in [0.2, 0.25) is 0 Å². The molecule has 2 unspecified atom stereocenters. The number of nitrogens with one attached hydrogen (secondary N) is 1. The number of nitrogens with zero attached hydrogens (tertiary/aromatic N) is 1. The maximum Gasteiger partial charge on any atom is 0.0361 e. The molecule has 3 aromatic carbocycles. The Kier molecular flexibility index (Phi) is 7.78. The van der Waals surface area contributed by atoms with E-state index in [4.69, 9.17) is 0 Å². The first kappa shape index (κ1) is 22.8. The summed E-state index contributed by atoms with van der Waals surface area (Å²) in [5.41, 5.74) is 5.67. The molecule has 0 amide bonds. The summed E-state index contributed by atoms with van der Waals surface area (Å²) in [6, 6.07) is 32.1. The van der Waals surface area contributed by atoms with Crippen LogP contribution in [0.4, 0.5) is 0 Å². The van der Waals surface area contributed by atoms with E-state index >= 15 is 0 Å². The minimum absolute atomic E-state index is 0.393. The monoisotopic (exact) mass is 426 g/mol. The number of rotatable bonds is 6. The van der Waals surface area contributed by atoms with E-state index in [0.29, 0.717) is 18.0 Å². The maximum absolute atomic E-state index is 4.04. The van der Waals surface area contributed by atoms with E-state index in [-0.39, 0.29) is 0 Å². The lowest BCUT2D eigenvalue weighted by atomic mass is 9.70. The van der Waals surface area contributed by atoms with Crippen LogP contribution in [0.15, 0.2) is 84.9 Å². The molecule has 3 aliphatic rings. The van der Waals surface area contributed by atoms with Crippen LogP contribution >= 0.6 is 0 Å². The normalized spacial score (nSPS) is 24.1.